The van der Waals surface area contributed by atoms with Crippen LogP contribution in [0, 0.1) is 6.92 Å². The Labute approximate surface area is 179 Å². The van der Waals surface area contributed by atoms with Crippen molar-refractivity contribution in [1.82, 2.24) is 5.32 Å². The lowest BCUT2D eigenvalue weighted by atomic mass is 10.1. The molecular weight excluding hydrogens is 396 g/mol. The van der Waals surface area contributed by atoms with E-state index in [1.165, 1.54) is 4.90 Å². The van der Waals surface area contributed by atoms with Gasteiger partial charge in [0, 0.05) is 0 Å². The monoisotopic (exact) mass is 414 g/mol. The molecule has 3 aromatic carbocycles. The van der Waals surface area contributed by atoms with Gasteiger partial charge in [-0.05, 0) is 67.2 Å². The number of anilines is 1. The first-order chi connectivity index (χ1) is 14.5. The van der Waals surface area contributed by atoms with Crippen LogP contribution in [0.1, 0.15) is 11.1 Å². The maximum atomic E-state index is 13.1. The van der Waals surface area contributed by atoms with E-state index in [2.05, 4.69) is 5.32 Å². The standard InChI is InChI=1S/C24H18N2O3S/c1-16-6-5-7-17(14-16)15-21-22(27)25-24(30)26(23(21)28)18-10-12-20(13-11-18)29-19-8-3-2-4-9-19/h2-15H,1H3,(H,25,27,30). The van der Waals surface area contributed by atoms with Gasteiger partial charge in [0.2, 0.25) is 0 Å². The average Bonchev–Trinajstić information content (AvgIpc) is 2.73. The number of thiocarbonyl (C=S) groups is 1. The molecule has 0 aromatic heterocycles. The SMILES string of the molecule is Cc1cccc(C=C2C(=O)NC(=S)N(c3ccc(Oc4ccccc4)cc3)C2=O)c1. The molecular formula is C24H18N2O3S. The molecule has 0 spiro atoms. The van der Waals surface area contributed by atoms with Crippen molar-refractivity contribution in [3.63, 3.8) is 0 Å². The number of aryl methyl sites for hydroxylation is 1. The zero-order chi connectivity index (χ0) is 21.1. The molecule has 6 heteroatoms. The number of benzene rings is 3. The highest BCUT2D eigenvalue weighted by Gasteiger charge is 2.34. The van der Waals surface area contributed by atoms with Gasteiger partial charge in [0.1, 0.15) is 17.1 Å². The summed E-state index contributed by atoms with van der Waals surface area (Å²) in [6.45, 7) is 1.95. The number of amides is 2. The Morgan fingerprint density at radius 2 is 1.60 bits per heavy atom. The van der Waals surface area contributed by atoms with Crippen molar-refractivity contribution in [1.29, 1.82) is 0 Å². The van der Waals surface area contributed by atoms with E-state index in [1.54, 1.807) is 30.3 Å². The minimum Gasteiger partial charge on any atom is -0.457 e. The molecule has 1 aliphatic heterocycles. The van der Waals surface area contributed by atoms with Crippen molar-refractivity contribution >= 4 is 40.9 Å². The largest absolute Gasteiger partial charge is 0.457 e. The third kappa shape index (κ3) is 4.14. The topological polar surface area (TPSA) is 58.6 Å². The van der Waals surface area contributed by atoms with Gasteiger partial charge in [-0.2, -0.15) is 0 Å². The van der Waals surface area contributed by atoms with Gasteiger partial charge in [-0.1, -0.05) is 48.0 Å². The van der Waals surface area contributed by atoms with Crippen LogP contribution in [0.2, 0.25) is 0 Å². The molecule has 2 amide bonds. The Morgan fingerprint density at radius 3 is 2.30 bits per heavy atom. The van der Waals surface area contributed by atoms with E-state index in [4.69, 9.17) is 17.0 Å². The molecule has 30 heavy (non-hydrogen) atoms. The Morgan fingerprint density at radius 1 is 0.900 bits per heavy atom. The number of nitrogens with zero attached hydrogens (tertiary/aromatic N) is 1. The normalized spacial score (nSPS) is 15.3. The molecule has 0 atom stereocenters. The summed E-state index contributed by atoms with van der Waals surface area (Å²) in [5.41, 5.74) is 2.38. The van der Waals surface area contributed by atoms with E-state index in [0.717, 1.165) is 11.1 Å². The van der Waals surface area contributed by atoms with Crippen LogP contribution in [-0.2, 0) is 9.59 Å². The van der Waals surface area contributed by atoms with E-state index in [1.807, 2.05) is 61.5 Å². The first-order valence-electron chi connectivity index (χ1n) is 9.32. The molecule has 0 radical (unpaired) electrons. The smallest absolute Gasteiger partial charge is 0.270 e. The van der Waals surface area contributed by atoms with Gasteiger partial charge in [-0.25, -0.2) is 0 Å². The van der Waals surface area contributed by atoms with E-state index >= 15 is 0 Å². The number of hydrogen-bond acceptors (Lipinski definition) is 4. The van der Waals surface area contributed by atoms with E-state index < -0.39 is 11.8 Å². The predicted octanol–water partition coefficient (Wildman–Crippen LogP) is 4.62. The molecule has 0 aliphatic carbocycles. The average molecular weight is 414 g/mol. The fourth-order valence-corrected chi connectivity index (χ4v) is 3.39. The first kappa shape index (κ1) is 19.5. The summed E-state index contributed by atoms with van der Waals surface area (Å²) >= 11 is 5.25. The van der Waals surface area contributed by atoms with Gasteiger partial charge >= 0.3 is 0 Å². The first-order valence-corrected chi connectivity index (χ1v) is 9.73. The molecule has 4 rings (SSSR count). The van der Waals surface area contributed by atoms with Crippen LogP contribution in [0.15, 0.2) is 84.4 Å². The number of para-hydroxylation sites is 1. The third-order valence-electron chi connectivity index (χ3n) is 4.53. The summed E-state index contributed by atoms with van der Waals surface area (Å²) < 4.78 is 5.79. The molecule has 1 N–H and O–H groups in total. The number of nitrogens with one attached hydrogen (secondary N) is 1. The van der Waals surface area contributed by atoms with Gasteiger partial charge in [-0.15, -0.1) is 0 Å². The zero-order valence-electron chi connectivity index (χ0n) is 16.2. The lowest BCUT2D eigenvalue weighted by Gasteiger charge is -2.29. The highest BCUT2D eigenvalue weighted by Crippen LogP contribution is 2.27. The third-order valence-corrected chi connectivity index (χ3v) is 4.81. The maximum Gasteiger partial charge on any atom is 0.270 e. The molecule has 0 bridgehead atoms. The van der Waals surface area contributed by atoms with Gasteiger partial charge in [-0.3, -0.25) is 19.8 Å². The summed E-state index contributed by atoms with van der Waals surface area (Å²) in [6.07, 6.45) is 1.58. The van der Waals surface area contributed by atoms with E-state index in [9.17, 15) is 9.59 Å². The Hall–Kier alpha value is -3.77. The van der Waals surface area contributed by atoms with Crippen LogP contribution in [0.4, 0.5) is 5.69 Å². The summed E-state index contributed by atoms with van der Waals surface area (Å²) in [7, 11) is 0. The number of carbonyl (C=O) groups excluding carboxylic acids is 2. The highest BCUT2D eigenvalue weighted by atomic mass is 32.1. The molecule has 0 unspecified atom stereocenters. The Balaban J connectivity index is 1.60. The lowest BCUT2D eigenvalue weighted by molar-refractivity contribution is -0.122. The Bertz CT molecular complexity index is 1150. The highest BCUT2D eigenvalue weighted by molar-refractivity contribution is 7.80. The molecule has 1 heterocycles. The van der Waals surface area contributed by atoms with Crippen LogP contribution in [0.3, 0.4) is 0 Å². The van der Waals surface area contributed by atoms with Crippen molar-refractivity contribution in [2.45, 2.75) is 6.92 Å². The second-order valence-electron chi connectivity index (χ2n) is 6.78. The summed E-state index contributed by atoms with van der Waals surface area (Å²) in [5, 5.41) is 2.64. The number of ether oxygens (including phenoxy) is 1. The quantitative estimate of drug-likeness (QED) is 0.385. The van der Waals surface area contributed by atoms with Crippen molar-refractivity contribution in [3.8, 4) is 11.5 Å². The van der Waals surface area contributed by atoms with Gasteiger partial charge in [0.05, 0.1) is 5.69 Å². The molecule has 148 valence electrons. The molecule has 0 saturated carbocycles. The number of carbonyl (C=O) groups is 2. The summed E-state index contributed by atoms with van der Waals surface area (Å²) in [4.78, 5) is 26.8. The fourth-order valence-electron chi connectivity index (χ4n) is 3.11. The second kappa shape index (κ2) is 8.31. The summed E-state index contributed by atoms with van der Waals surface area (Å²) in [5.74, 6) is 0.360. The van der Waals surface area contributed by atoms with Crippen molar-refractivity contribution < 1.29 is 14.3 Å². The van der Waals surface area contributed by atoms with Gasteiger partial charge in [0.25, 0.3) is 11.8 Å². The number of hydrogen-bond donors (Lipinski definition) is 1. The minimum absolute atomic E-state index is 0.0267. The molecule has 3 aromatic rings. The van der Waals surface area contributed by atoms with E-state index in [0.29, 0.717) is 17.2 Å². The lowest BCUT2D eigenvalue weighted by Crippen LogP contribution is -2.54. The zero-order valence-corrected chi connectivity index (χ0v) is 17.0. The van der Waals surface area contributed by atoms with E-state index in [-0.39, 0.29) is 10.7 Å². The van der Waals surface area contributed by atoms with Crippen molar-refractivity contribution in [3.05, 3.63) is 95.6 Å². The second-order valence-corrected chi connectivity index (χ2v) is 7.17. The van der Waals surface area contributed by atoms with Crippen molar-refractivity contribution in [2.24, 2.45) is 0 Å². The minimum atomic E-state index is -0.508. The molecule has 1 saturated heterocycles. The predicted molar refractivity (Wildman–Crippen MR) is 120 cm³/mol. The van der Waals surface area contributed by atoms with Gasteiger partial charge in [0.15, 0.2) is 5.11 Å². The molecule has 5 nitrogen and oxygen atoms in total. The molecule has 1 aliphatic rings. The van der Waals surface area contributed by atoms with Crippen LogP contribution >= 0.6 is 12.2 Å². The van der Waals surface area contributed by atoms with Crippen LogP contribution < -0.4 is 15.0 Å². The van der Waals surface area contributed by atoms with Crippen LogP contribution in [0.5, 0.6) is 11.5 Å². The maximum absolute atomic E-state index is 13.1. The Kier molecular flexibility index (Phi) is 5.41. The van der Waals surface area contributed by atoms with Crippen LogP contribution in [-0.4, -0.2) is 16.9 Å². The fraction of sp³-hybridized carbons (Fsp3) is 0.0417. The van der Waals surface area contributed by atoms with Crippen LogP contribution in [0.25, 0.3) is 6.08 Å². The van der Waals surface area contributed by atoms with Crippen molar-refractivity contribution in [2.75, 3.05) is 4.90 Å². The summed E-state index contributed by atoms with van der Waals surface area (Å²) in [6, 6.07) is 23.9. The molecule has 1 fully saturated rings. The van der Waals surface area contributed by atoms with Gasteiger partial charge < -0.3 is 4.74 Å². The number of rotatable bonds is 4.